The number of hydrogen-bond donors (Lipinski definition) is 2. The van der Waals surface area contributed by atoms with E-state index in [1.807, 2.05) is 42.6 Å². The number of nitrogens with zero attached hydrogens (tertiary/aromatic N) is 1. The second-order valence-electron chi connectivity index (χ2n) is 6.16. The van der Waals surface area contributed by atoms with Crippen molar-refractivity contribution in [2.75, 3.05) is 0 Å². The predicted molar refractivity (Wildman–Crippen MR) is 114 cm³/mol. The monoisotopic (exact) mass is 411 g/mol. The molecule has 0 aliphatic heterocycles. The predicted octanol–water partition coefficient (Wildman–Crippen LogP) is 4.38. The van der Waals surface area contributed by atoms with Crippen LogP contribution in [0.4, 0.5) is 0 Å². The van der Waals surface area contributed by atoms with Crippen molar-refractivity contribution in [3.63, 3.8) is 0 Å². The van der Waals surface area contributed by atoms with Crippen LogP contribution in [0.3, 0.4) is 0 Å². The number of thiazole rings is 1. The van der Waals surface area contributed by atoms with Crippen LogP contribution in [0.1, 0.15) is 44.5 Å². The molecule has 1 heterocycles. The van der Waals surface area contributed by atoms with E-state index in [9.17, 15) is 9.59 Å². The Morgan fingerprint density at radius 1 is 1.04 bits per heavy atom. The quantitative estimate of drug-likeness (QED) is 0.466. The van der Waals surface area contributed by atoms with Crippen LogP contribution in [-0.4, -0.2) is 16.8 Å². The zero-order valence-corrected chi connectivity index (χ0v) is 17.3. The van der Waals surface area contributed by atoms with Crippen LogP contribution in [0.2, 0.25) is 0 Å². The SMILES string of the molecule is CCc1ccc(C(=O)NNC(=O)c2ccccc2CSc2nc(C)cs2)cc1. The fourth-order valence-electron chi connectivity index (χ4n) is 2.55. The minimum absolute atomic E-state index is 0.343. The van der Waals surface area contributed by atoms with E-state index in [0.29, 0.717) is 16.9 Å². The van der Waals surface area contributed by atoms with Crippen LogP contribution in [0.15, 0.2) is 58.3 Å². The molecule has 2 aromatic carbocycles. The molecule has 2 amide bonds. The summed E-state index contributed by atoms with van der Waals surface area (Å²) in [6.07, 6.45) is 0.911. The Morgan fingerprint density at radius 2 is 1.75 bits per heavy atom. The summed E-state index contributed by atoms with van der Waals surface area (Å²) in [5, 5.41) is 2.00. The lowest BCUT2D eigenvalue weighted by molar-refractivity contribution is 0.0846. The van der Waals surface area contributed by atoms with Gasteiger partial charge in [-0.15, -0.1) is 11.3 Å². The van der Waals surface area contributed by atoms with Crippen molar-refractivity contribution in [1.29, 1.82) is 0 Å². The second-order valence-corrected chi connectivity index (χ2v) is 8.24. The summed E-state index contributed by atoms with van der Waals surface area (Å²) in [6.45, 7) is 4.02. The number of thioether (sulfide) groups is 1. The van der Waals surface area contributed by atoms with Crippen molar-refractivity contribution >= 4 is 34.9 Å². The lowest BCUT2D eigenvalue weighted by Crippen LogP contribution is -2.41. The zero-order chi connectivity index (χ0) is 19.9. The maximum absolute atomic E-state index is 12.6. The molecule has 3 aromatic rings. The molecule has 2 N–H and O–H groups in total. The molecule has 144 valence electrons. The highest BCUT2D eigenvalue weighted by molar-refractivity contribution is 8.00. The molecule has 0 fully saturated rings. The molecule has 7 heteroatoms. The zero-order valence-electron chi connectivity index (χ0n) is 15.7. The minimum atomic E-state index is -0.346. The summed E-state index contributed by atoms with van der Waals surface area (Å²) in [6, 6.07) is 14.7. The first kappa shape index (κ1) is 20.1. The number of aryl methyl sites for hydroxylation is 2. The van der Waals surface area contributed by atoms with Crippen LogP contribution in [0.5, 0.6) is 0 Å². The molecule has 0 radical (unpaired) electrons. The van der Waals surface area contributed by atoms with Gasteiger partial charge >= 0.3 is 0 Å². The Balaban J connectivity index is 1.61. The molecule has 0 spiro atoms. The molecule has 5 nitrogen and oxygen atoms in total. The highest BCUT2D eigenvalue weighted by Crippen LogP contribution is 2.27. The van der Waals surface area contributed by atoms with E-state index in [2.05, 4.69) is 22.8 Å². The molecule has 0 saturated carbocycles. The van der Waals surface area contributed by atoms with Gasteiger partial charge in [0.25, 0.3) is 11.8 Å². The molecular weight excluding hydrogens is 390 g/mol. The van der Waals surface area contributed by atoms with Crippen LogP contribution in [-0.2, 0) is 12.2 Å². The molecule has 3 rings (SSSR count). The van der Waals surface area contributed by atoms with Crippen molar-refractivity contribution in [2.24, 2.45) is 0 Å². The standard InChI is InChI=1S/C21H21N3O2S2/c1-3-15-8-10-16(11-9-15)19(25)23-24-20(26)18-7-5-4-6-17(18)13-28-21-22-14(2)12-27-21/h4-12H,3,13H2,1-2H3,(H,23,25)(H,24,26). The van der Waals surface area contributed by atoms with Gasteiger partial charge in [0.2, 0.25) is 0 Å². The number of hydrazine groups is 1. The molecule has 0 saturated heterocycles. The number of aromatic nitrogens is 1. The Kier molecular flexibility index (Phi) is 6.84. The van der Waals surface area contributed by atoms with Gasteiger partial charge in [-0.25, -0.2) is 4.98 Å². The number of amides is 2. The molecule has 0 aliphatic rings. The van der Waals surface area contributed by atoms with Gasteiger partial charge in [0.1, 0.15) is 4.34 Å². The fourth-order valence-corrected chi connectivity index (χ4v) is 4.40. The van der Waals surface area contributed by atoms with Gasteiger partial charge in [-0.3, -0.25) is 20.4 Å². The number of benzene rings is 2. The molecule has 0 bridgehead atoms. The van der Waals surface area contributed by atoms with Crippen molar-refractivity contribution in [2.45, 2.75) is 30.4 Å². The number of nitrogens with one attached hydrogen (secondary N) is 2. The first-order valence-electron chi connectivity index (χ1n) is 8.89. The van der Waals surface area contributed by atoms with Crippen molar-refractivity contribution < 1.29 is 9.59 Å². The third-order valence-electron chi connectivity index (χ3n) is 4.13. The number of hydrogen-bond acceptors (Lipinski definition) is 5. The highest BCUT2D eigenvalue weighted by atomic mass is 32.2. The molecule has 0 aliphatic carbocycles. The summed E-state index contributed by atoms with van der Waals surface area (Å²) in [4.78, 5) is 29.2. The highest BCUT2D eigenvalue weighted by Gasteiger charge is 2.13. The molecule has 1 aromatic heterocycles. The van der Waals surface area contributed by atoms with E-state index < -0.39 is 0 Å². The third kappa shape index (κ3) is 5.21. The Bertz CT molecular complexity index is 968. The number of carbonyl (C=O) groups excluding carboxylic acids is 2. The van der Waals surface area contributed by atoms with E-state index in [0.717, 1.165) is 27.6 Å². The average molecular weight is 412 g/mol. The van der Waals surface area contributed by atoms with E-state index >= 15 is 0 Å². The first-order chi connectivity index (χ1) is 13.6. The van der Waals surface area contributed by atoms with Gasteiger partial charge in [0.05, 0.1) is 0 Å². The van der Waals surface area contributed by atoms with Gasteiger partial charge in [0, 0.05) is 28.0 Å². The van der Waals surface area contributed by atoms with Crippen molar-refractivity contribution in [3.8, 4) is 0 Å². The minimum Gasteiger partial charge on any atom is -0.267 e. The van der Waals surface area contributed by atoms with Crippen molar-refractivity contribution in [3.05, 3.63) is 81.9 Å². The molecule has 0 atom stereocenters. The lowest BCUT2D eigenvalue weighted by Gasteiger charge is -2.11. The fraction of sp³-hybridized carbons (Fsp3) is 0.190. The molecule has 28 heavy (non-hydrogen) atoms. The topological polar surface area (TPSA) is 71.1 Å². The second kappa shape index (κ2) is 9.52. The largest absolute Gasteiger partial charge is 0.270 e. The van der Waals surface area contributed by atoms with E-state index in [-0.39, 0.29) is 11.8 Å². The Hall–Kier alpha value is -2.64. The van der Waals surface area contributed by atoms with Crippen molar-refractivity contribution in [1.82, 2.24) is 15.8 Å². The normalized spacial score (nSPS) is 10.5. The number of rotatable bonds is 6. The maximum Gasteiger partial charge on any atom is 0.270 e. The summed E-state index contributed by atoms with van der Waals surface area (Å²) >= 11 is 3.18. The van der Waals surface area contributed by atoms with Crippen LogP contribution < -0.4 is 10.9 Å². The Morgan fingerprint density at radius 3 is 2.43 bits per heavy atom. The average Bonchev–Trinajstić information content (AvgIpc) is 3.15. The van der Waals surface area contributed by atoms with Crippen LogP contribution >= 0.6 is 23.1 Å². The summed E-state index contributed by atoms with van der Waals surface area (Å²) in [5.74, 6) is -0.0608. The van der Waals surface area contributed by atoms with Gasteiger partial charge in [0.15, 0.2) is 0 Å². The lowest BCUT2D eigenvalue weighted by atomic mass is 10.1. The smallest absolute Gasteiger partial charge is 0.267 e. The van der Waals surface area contributed by atoms with E-state index in [1.54, 1.807) is 41.3 Å². The van der Waals surface area contributed by atoms with Gasteiger partial charge in [-0.2, -0.15) is 0 Å². The Labute approximate surface area is 172 Å². The van der Waals surface area contributed by atoms with Crippen LogP contribution in [0, 0.1) is 6.92 Å². The van der Waals surface area contributed by atoms with E-state index in [1.165, 1.54) is 0 Å². The summed E-state index contributed by atoms with van der Waals surface area (Å²) in [5.41, 5.74) is 9.06. The molecule has 0 unspecified atom stereocenters. The summed E-state index contributed by atoms with van der Waals surface area (Å²) in [7, 11) is 0. The third-order valence-corrected chi connectivity index (χ3v) is 6.31. The first-order valence-corrected chi connectivity index (χ1v) is 10.8. The molecular formula is C21H21N3O2S2. The van der Waals surface area contributed by atoms with Gasteiger partial charge < -0.3 is 0 Å². The van der Waals surface area contributed by atoms with Gasteiger partial charge in [-0.1, -0.05) is 49.0 Å². The van der Waals surface area contributed by atoms with E-state index in [4.69, 9.17) is 0 Å². The van der Waals surface area contributed by atoms with Crippen LogP contribution in [0.25, 0.3) is 0 Å². The summed E-state index contributed by atoms with van der Waals surface area (Å²) < 4.78 is 0.969. The number of carbonyl (C=O) groups is 2. The maximum atomic E-state index is 12.6. The van der Waals surface area contributed by atoms with Gasteiger partial charge in [-0.05, 0) is 42.7 Å².